The van der Waals surface area contributed by atoms with Crippen LogP contribution in [0.2, 0.25) is 0 Å². The van der Waals surface area contributed by atoms with Crippen LogP contribution in [0.4, 0.5) is 5.00 Å². The summed E-state index contributed by atoms with van der Waals surface area (Å²) in [6.07, 6.45) is 3.71. The Morgan fingerprint density at radius 3 is 2.48 bits per heavy atom. The van der Waals surface area contributed by atoms with E-state index in [1.807, 2.05) is 45.3 Å². The van der Waals surface area contributed by atoms with Gasteiger partial charge in [-0.3, -0.25) is 4.79 Å². The van der Waals surface area contributed by atoms with Crippen LogP contribution in [-0.4, -0.2) is 18.5 Å². The Balaban J connectivity index is 2.16. The molecule has 2 aromatic heterocycles. The topological polar surface area (TPSA) is 59.3 Å². The van der Waals surface area contributed by atoms with Crippen molar-refractivity contribution in [3.05, 3.63) is 46.1 Å². The van der Waals surface area contributed by atoms with Gasteiger partial charge >= 0.3 is 5.97 Å². The summed E-state index contributed by atoms with van der Waals surface area (Å²) in [6, 6.07) is 3.88. The SMILES string of the molecule is CCOC(=O)c1c(NC(=O)C[n+]2ccc(C)cc2)sc(C)c1C. The minimum atomic E-state index is -0.396. The van der Waals surface area contributed by atoms with Crippen molar-refractivity contribution in [3.8, 4) is 0 Å². The van der Waals surface area contributed by atoms with Gasteiger partial charge in [-0.15, -0.1) is 11.3 Å². The van der Waals surface area contributed by atoms with Crippen LogP contribution >= 0.6 is 11.3 Å². The van der Waals surface area contributed by atoms with Crippen molar-refractivity contribution in [2.24, 2.45) is 0 Å². The molecule has 0 fully saturated rings. The molecule has 0 aliphatic rings. The van der Waals surface area contributed by atoms with Gasteiger partial charge in [0.05, 0.1) is 12.2 Å². The lowest BCUT2D eigenvalue weighted by molar-refractivity contribution is -0.684. The number of pyridine rings is 1. The maximum Gasteiger partial charge on any atom is 0.341 e. The molecule has 1 amide bonds. The second kappa shape index (κ2) is 7.37. The number of carbonyl (C=O) groups is 2. The monoisotopic (exact) mass is 333 g/mol. The van der Waals surface area contributed by atoms with Crippen LogP contribution in [0.5, 0.6) is 0 Å². The maximum atomic E-state index is 12.2. The van der Waals surface area contributed by atoms with Gasteiger partial charge in [-0.1, -0.05) is 0 Å². The first-order valence-corrected chi connectivity index (χ1v) is 8.26. The van der Waals surface area contributed by atoms with E-state index in [9.17, 15) is 9.59 Å². The van der Waals surface area contributed by atoms with Gasteiger partial charge < -0.3 is 10.1 Å². The van der Waals surface area contributed by atoms with Gasteiger partial charge in [0.15, 0.2) is 12.4 Å². The standard InChI is InChI=1S/C17H20N2O3S/c1-5-22-17(21)15-12(3)13(4)23-16(15)18-14(20)10-19-8-6-11(2)7-9-19/h6-9H,5,10H2,1-4H3/p+1. The number of aryl methyl sites for hydroxylation is 2. The molecule has 0 radical (unpaired) electrons. The first-order chi connectivity index (χ1) is 10.9. The Bertz CT molecular complexity index is 720. The van der Waals surface area contributed by atoms with Crippen molar-refractivity contribution in [2.75, 3.05) is 11.9 Å². The molecule has 0 bridgehead atoms. The smallest absolute Gasteiger partial charge is 0.341 e. The number of ether oxygens (including phenoxy) is 1. The third-order valence-corrected chi connectivity index (χ3v) is 4.62. The molecule has 0 saturated carbocycles. The average Bonchev–Trinajstić information content (AvgIpc) is 2.76. The number of rotatable bonds is 5. The van der Waals surface area contributed by atoms with Crippen LogP contribution in [0.25, 0.3) is 0 Å². The van der Waals surface area contributed by atoms with Gasteiger partial charge in [0, 0.05) is 17.0 Å². The third-order valence-electron chi connectivity index (χ3n) is 3.50. The molecule has 0 aliphatic heterocycles. The summed E-state index contributed by atoms with van der Waals surface area (Å²) in [5.41, 5.74) is 2.44. The van der Waals surface area contributed by atoms with E-state index in [0.717, 1.165) is 16.0 Å². The van der Waals surface area contributed by atoms with Crippen molar-refractivity contribution in [3.63, 3.8) is 0 Å². The Morgan fingerprint density at radius 1 is 1.22 bits per heavy atom. The summed E-state index contributed by atoms with van der Waals surface area (Å²) < 4.78 is 6.88. The van der Waals surface area contributed by atoms with E-state index in [-0.39, 0.29) is 12.5 Å². The highest BCUT2D eigenvalue weighted by Gasteiger charge is 2.22. The summed E-state index contributed by atoms with van der Waals surface area (Å²) in [5, 5.41) is 3.38. The van der Waals surface area contributed by atoms with Crippen LogP contribution in [0.3, 0.4) is 0 Å². The lowest BCUT2D eigenvalue weighted by Gasteiger charge is -2.06. The van der Waals surface area contributed by atoms with E-state index in [0.29, 0.717) is 17.2 Å². The van der Waals surface area contributed by atoms with E-state index in [1.165, 1.54) is 11.3 Å². The highest BCUT2D eigenvalue weighted by molar-refractivity contribution is 7.16. The fourth-order valence-corrected chi connectivity index (χ4v) is 3.20. The van der Waals surface area contributed by atoms with Crippen molar-refractivity contribution >= 4 is 28.2 Å². The quantitative estimate of drug-likeness (QED) is 0.676. The first-order valence-electron chi connectivity index (χ1n) is 7.45. The molecule has 23 heavy (non-hydrogen) atoms. The molecule has 122 valence electrons. The lowest BCUT2D eigenvalue weighted by atomic mass is 10.1. The van der Waals surface area contributed by atoms with E-state index >= 15 is 0 Å². The number of aromatic nitrogens is 1. The number of hydrogen-bond acceptors (Lipinski definition) is 4. The number of carbonyl (C=O) groups excluding carboxylic acids is 2. The van der Waals surface area contributed by atoms with Gasteiger partial charge in [0.2, 0.25) is 6.54 Å². The van der Waals surface area contributed by atoms with Crippen LogP contribution in [-0.2, 0) is 16.1 Å². The number of anilines is 1. The van der Waals surface area contributed by atoms with E-state index < -0.39 is 5.97 Å². The summed E-state index contributed by atoms with van der Waals surface area (Å²) >= 11 is 1.39. The molecule has 0 saturated heterocycles. The van der Waals surface area contributed by atoms with Crippen molar-refractivity contribution in [2.45, 2.75) is 34.2 Å². The predicted octanol–water partition coefficient (Wildman–Crippen LogP) is 2.78. The number of esters is 1. The molecule has 2 rings (SSSR count). The Morgan fingerprint density at radius 2 is 1.87 bits per heavy atom. The Labute approximate surface area is 139 Å². The van der Waals surface area contributed by atoms with Crippen LogP contribution < -0.4 is 9.88 Å². The highest BCUT2D eigenvalue weighted by Crippen LogP contribution is 2.32. The molecule has 2 heterocycles. The number of amides is 1. The van der Waals surface area contributed by atoms with Crippen LogP contribution in [0, 0.1) is 20.8 Å². The molecular formula is C17H21N2O3S+. The zero-order valence-corrected chi connectivity index (χ0v) is 14.6. The third kappa shape index (κ3) is 4.16. The maximum absolute atomic E-state index is 12.2. The van der Waals surface area contributed by atoms with Crippen molar-refractivity contribution < 1.29 is 18.9 Å². The van der Waals surface area contributed by atoms with E-state index in [1.54, 1.807) is 11.5 Å². The number of hydrogen-bond donors (Lipinski definition) is 1. The largest absolute Gasteiger partial charge is 0.462 e. The molecule has 2 aromatic rings. The van der Waals surface area contributed by atoms with Gasteiger partial charge in [0.1, 0.15) is 5.00 Å². The molecule has 0 spiro atoms. The molecule has 5 nitrogen and oxygen atoms in total. The summed E-state index contributed by atoms with van der Waals surface area (Å²) in [7, 11) is 0. The molecule has 6 heteroatoms. The second-order valence-corrected chi connectivity index (χ2v) is 6.53. The van der Waals surface area contributed by atoms with Crippen molar-refractivity contribution in [1.29, 1.82) is 0 Å². The first kappa shape index (κ1) is 17.1. The summed E-state index contributed by atoms with van der Waals surface area (Å²) in [4.78, 5) is 25.3. The zero-order valence-electron chi connectivity index (χ0n) is 13.8. The summed E-state index contributed by atoms with van der Waals surface area (Å²) in [6.45, 7) is 8.04. The minimum absolute atomic E-state index is 0.175. The molecule has 0 unspecified atom stereocenters. The molecule has 0 aromatic carbocycles. The zero-order chi connectivity index (χ0) is 17.0. The Hall–Kier alpha value is -2.21. The van der Waals surface area contributed by atoms with Crippen LogP contribution in [0.15, 0.2) is 24.5 Å². The number of nitrogens with zero attached hydrogens (tertiary/aromatic N) is 1. The highest BCUT2D eigenvalue weighted by atomic mass is 32.1. The number of thiophene rings is 1. The van der Waals surface area contributed by atoms with E-state index in [4.69, 9.17) is 4.74 Å². The van der Waals surface area contributed by atoms with Crippen molar-refractivity contribution in [1.82, 2.24) is 0 Å². The fourth-order valence-electron chi connectivity index (χ4n) is 2.13. The van der Waals surface area contributed by atoms with Gasteiger partial charge in [0.25, 0.3) is 5.91 Å². The molecule has 0 atom stereocenters. The van der Waals surface area contributed by atoms with Crippen LogP contribution in [0.1, 0.15) is 33.3 Å². The predicted molar refractivity (Wildman–Crippen MR) is 89.8 cm³/mol. The number of nitrogens with one attached hydrogen (secondary N) is 1. The lowest BCUT2D eigenvalue weighted by Crippen LogP contribution is -2.39. The normalized spacial score (nSPS) is 10.4. The average molecular weight is 333 g/mol. The van der Waals surface area contributed by atoms with E-state index in [2.05, 4.69) is 5.32 Å². The second-order valence-electron chi connectivity index (χ2n) is 5.30. The molecule has 0 aliphatic carbocycles. The van der Waals surface area contributed by atoms with Gasteiger partial charge in [-0.25, -0.2) is 4.79 Å². The fraction of sp³-hybridized carbons (Fsp3) is 0.353. The molecule has 1 N–H and O–H groups in total. The Kier molecular flexibility index (Phi) is 5.50. The van der Waals surface area contributed by atoms with Gasteiger partial charge in [-0.2, -0.15) is 4.57 Å². The molecular weight excluding hydrogens is 312 g/mol. The minimum Gasteiger partial charge on any atom is -0.462 e. The summed E-state index contributed by atoms with van der Waals surface area (Å²) in [5.74, 6) is -0.571. The van der Waals surface area contributed by atoms with Gasteiger partial charge in [-0.05, 0) is 38.8 Å².